The van der Waals surface area contributed by atoms with Gasteiger partial charge in [0.1, 0.15) is 5.75 Å². The van der Waals surface area contributed by atoms with Gasteiger partial charge >= 0.3 is 5.97 Å². The van der Waals surface area contributed by atoms with E-state index in [4.69, 9.17) is 14.2 Å². The number of rotatable bonds is 7. The number of methoxy groups -OCH3 is 1. The maximum atomic E-state index is 14.9. The number of ether oxygens (including phenoxy) is 3. The minimum atomic E-state index is -1.36. The number of halogens is 4. The lowest BCUT2D eigenvalue weighted by Gasteiger charge is -2.11. The average molecular weight is 496 g/mol. The predicted octanol–water partition coefficient (Wildman–Crippen LogP) is 7.20. The second kappa shape index (κ2) is 10.5. The zero-order chi connectivity index (χ0) is 25.8. The quantitative estimate of drug-likeness (QED) is 0.154. The molecule has 0 aliphatic heterocycles. The molecule has 0 fully saturated rings. The monoisotopic (exact) mass is 496 g/mol. The molecule has 184 valence electrons. The third-order valence-electron chi connectivity index (χ3n) is 5.43. The summed E-state index contributed by atoms with van der Waals surface area (Å²) in [5.41, 5.74) is 0.869. The molecular formula is C28H20F4O4. The SMILES string of the molecule is CCOc1ccc(OC(=O)c2ccc(-c3ccc(-c4ccc(OC)cc4)c(F)c3F)cc2)c(F)c1F. The highest BCUT2D eigenvalue weighted by atomic mass is 19.2. The molecule has 4 nitrogen and oxygen atoms in total. The molecule has 0 saturated heterocycles. The van der Waals surface area contributed by atoms with E-state index in [2.05, 4.69) is 0 Å². The molecule has 0 aliphatic rings. The lowest BCUT2D eigenvalue weighted by molar-refractivity contribution is 0.0726. The van der Waals surface area contributed by atoms with Crippen LogP contribution in [0.2, 0.25) is 0 Å². The Kier molecular flexibility index (Phi) is 7.24. The van der Waals surface area contributed by atoms with E-state index in [0.29, 0.717) is 16.9 Å². The van der Waals surface area contributed by atoms with Crippen LogP contribution in [-0.4, -0.2) is 19.7 Å². The van der Waals surface area contributed by atoms with Gasteiger partial charge in [0.05, 0.1) is 19.3 Å². The highest BCUT2D eigenvalue weighted by Crippen LogP contribution is 2.33. The number of hydrogen-bond donors (Lipinski definition) is 0. The predicted molar refractivity (Wildman–Crippen MR) is 126 cm³/mol. The van der Waals surface area contributed by atoms with E-state index >= 15 is 0 Å². The van der Waals surface area contributed by atoms with Crippen molar-refractivity contribution in [1.82, 2.24) is 0 Å². The standard InChI is InChI=1S/C28H20F4O4/c1-3-35-22-14-15-23(27(32)26(22)31)36-28(33)18-6-4-16(5-7-18)20-12-13-21(25(30)24(20)29)17-8-10-19(34-2)11-9-17/h4-15H,3H2,1-2H3. The van der Waals surface area contributed by atoms with Gasteiger partial charge < -0.3 is 14.2 Å². The maximum Gasteiger partial charge on any atom is 0.343 e. The van der Waals surface area contributed by atoms with Crippen molar-refractivity contribution in [2.75, 3.05) is 13.7 Å². The molecule has 8 heteroatoms. The molecule has 0 spiro atoms. The molecule has 0 heterocycles. The Labute approximate surface area is 204 Å². The number of benzene rings is 4. The molecule has 36 heavy (non-hydrogen) atoms. The summed E-state index contributed by atoms with van der Waals surface area (Å²) in [6.45, 7) is 1.75. The molecule has 4 aromatic carbocycles. The second-order valence-electron chi connectivity index (χ2n) is 7.61. The van der Waals surface area contributed by atoms with E-state index in [1.807, 2.05) is 0 Å². The van der Waals surface area contributed by atoms with Gasteiger partial charge in [-0.25, -0.2) is 13.6 Å². The van der Waals surface area contributed by atoms with E-state index in [0.717, 1.165) is 12.1 Å². The summed E-state index contributed by atoms with van der Waals surface area (Å²) in [7, 11) is 1.51. The first-order valence-electron chi connectivity index (χ1n) is 10.9. The van der Waals surface area contributed by atoms with Gasteiger partial charge in [-0.15, -0.1) is 0 Å². The van der Waals surface area contributed by atoms with Gasteiger partial charge in [0, 0.05) is 11.1 Å². The van der Waals surface area contributed by atoms with Gasteiger partial charge in [0.15, 0.2) is 23.1 Å². The van der Waals surface area contributed by atoms with Crippen LogP contribution in [0.25, 0.3) is 22.3 Å². The molecule has 4 rings (SSSR count). The zero-order valence-corrected chi connectivity index (χ0v) is 19.3. The summed E-state index contributed by atoms with van der Waals surface area (Å²) in [6, 6.07) is 17.1. The van der Waals surface area contributed by atoms with E-state index in [9.17, 15) is 22.4 Å². The van der Waals surface area contributed by atoms with Crippen molar-refractivity contribution in [2.24, 2.45) is 0 Å². The molecule has 0 bridgehead atoms. The normalized spacial score (nSPS) is 10.7. The lowest BCUT2D eigenvalue weighted by atomic mass is 9.98. The van der Waals surface area contributed by atoms with Gasteiger partial charge in [0.25, 0.3) is 0 Å². The molecule has 0 unspecified atom stereocenters. The number of carbonyl (C=O) groups is 1. The Balaban J connectivity index is 1.54. The highest BCUT2D eigenvalue weighted by molar-refractivity contribution is 5.91. The molecule has 0 aliphatic carbocycles. The Morgan fingerprint density at radius 1 is 0.667 bits per heavy atom. The van der Waals surface area contributed by atoms with Crippen molar-refractivity contribution in [2.45, 2.75) is 6.92 Å². The van der Waals surface area contributed by atoms with Crippen molar-refractivity contribution in [3.8, 4) is 39.5 Å². The van der Waals surface area contributed by atoms with Crippen molar-refractivity contribution in [3.05, 3.63) is 102 Å². The smallest absolute Gasteiger partial charge is 0.343 e. The van der Waals surface area contributed by atoms with Crippen LogP contribution in [0, 0.1) is 23.3 Å². The number of hydrogen-bond acceptors (Lipinski definition) is 4. The van der Waals surface area contributed by atoms with Gasteiger partial charge in [0.2, 0.25) is 11.6 Å². The van der Waals surface area contributed by atoms with E-state index in [-0.39, 0.29) is 29.0 Å². The van der Waals surface area contributed by atoms with Crippen LogP contribution in [0.4, 0.5) is 17.6 Å². The molecule has 0 amide bonds. The average Bonchev–Trinajstić information content (AvgIpc) is 2.90. The summed E-state index contributed by atoms with van der Waals surface area (Å²) in [5.74, 6) is -5.97. The first kappa shape index (κ1) is 24.8. The van der Waals surface area contributed by atoms with Crippen LogP contribution < -0.4 is 14.2 Å². The van der Waals surface area contributed by atoms with Gasteiger partial charge in [-0.1, -0.05) is 36.4 Å². The summed E-state index contributed by atoms with van der Waals surface area (Å²) >= 11 is 0. The Morgan fingerprint density at radius 3 is 1.69 bits per heavy atom. The second-order valence-corrected chi connectivity index (χ2v) is 7.61. The van der Waals surface area contributed by atoms with Crippen molar-refractivity contribution in [1.29, 1.82) is 0 Å². The van der Waals surface area contributed by atoms with Crippen molar-refractivity contribution in [3.63, 3.8) is 0 Å². The van der Waals surface area contributed by atoms with Crippen LogP contribution in [0.3, 0.4) is 0 Å². The van der Waals surface area contributed by atoms with Gasteiger partial charge in [-0.3, -0.25) is 0 Å². The summed E-state index contributed by atoms with van der Waals surface area (Å²) in [4.78, 5) is 12.4. The zero-order valence-electron chi connectivity index (χ0n) is 19.3. The van der Waals surface area contributed by atoms with Crippen LogP contribution >= 0.6 is 0 Å². The lowest BCUT2D eigenvalue weighted by Crippen LogP contribution is -2.10. The van der Waals surface area contributed by atoms with E-state index < -0.39 is 35.0 Å². The van der Waals surface area contributed by atoms with E-state index in [1.54, 1.807) is 31.2 Å². The van der Waals surface area contributed by atoms with Crippen LogP contribution in [-0.2, 0) is 0 Å². The van der Waals surface area contributed by atoms with Crippen LogP contribution in [0.5, 0.6) is 17.2 Å². The van der Waals surface area contributed by atoms with Crippen molar-refractivity contribution < 1.29 is 36.6 Å². The van der Waals surface area contributed by atoms with Crippen LogP contribution in [0.1, 0.15) is 17.3 Å². The molecule has 0 atom stereocenters. The summed E-state index contributed by atoms with van der Waals surface area (Å²) in [6.07, 6.45) is 0. The molecule has 0 saturated carbocycles. The highest BCUT2D eigenvalue weighted by Gasteiger charge is 2.20. The van der Waals surface area contributed by atoms with Gasteiger partial charge in [-0.05, 0) is 54.4 Å². The maximum absolute atomic E-state index is 14.9. The molecular weight excluding hydrogens is 476 g/mol. The first-order chi connectivity index (χ1) is 17.3. The molecule has 0 radical (unpaired) electrons. The van der Waals surface area contributed by atoms with E-state index in [1.165, 1.54) is 43.5 Å². The van der Waals surface area contributed by atoms with Gasteiger partial charge in [-0.2, -0.15) is 8.78 Å². The minimum absolute atomic E-state index is 0.00294. The fourth-order valence-electron chi connectivity index (χ4n) is 3.57. The Morgan fingerprint density at radius 2 is 1.17 bits per heavy atom. The summed E-state index contributed by atoms with van der Waals surface area (Å²) in [5, 5.41) is 0. The number of carbonyl (C=O) groups excluding carboxylic acids is 1. The molecule has 4 aromatic rings. The largest absolute Gasteiger partial charge is 0.497 e. The van der Waals surface area contributed by atoms with Crippen LogP contribution in [0.15, 0.2) is 72.8 Å². The number of esters is 1. The Hall–Kier alpha value is -4.33. The van der Waals surface area contributed by atoms with Crippen molar-refractivity contribution >= 4 is 5.97 Å². The fraction of sp³-hybridized carbons (Fsp3) is 0.107. The molecule has 0 N–H and O–H groups in total. The fourth-order valence-corrected chi connectivity index (χ4v) is 3.57. The molecule has 0 aromatic heterocycles. The minimum Gasteiger partial charge on any atom is -0.497 e. The third kappa shape index (κ3) is 4.88. The third-order valence-corrected chi connectivity index (χ3v) is 5.43. The topological polar surface area (TPSA) is 44.8 Å². The first-order valence-corrected chi connectivity index (χ1v) is 10.9. The summed E-state index contributed by atoms with van der Waals surface area (Å²) < 4.78 is 73.0. The Bertz CT molecular complexity index is 1400.